The average Bonchev–Trinajstić information content (AvgIpc) is 3.50. The lowest BCUT2D eigenvalue weighted by Gasteiger charge is -2.38. The van der Waals surface area contributed by atoms with Crippen LogP contribution in [-0.2, 0) is 10.2 Å². The molecule has 0 radical (unpaired) electrons. The Bertz CT molecular complexity index is 1320. The topological polar surface area (TPSA) is 82.8 Å². The molecule has 9 heteroatoms. The Hall–Kier alpha value is -3.72. The molecule has 0 bridgehead atoms. The van der Waals surface area contributed by atoms with Crippen molar-refractivity contribution in [2.45, 2.75) is 18.3 Å². The van der Waals surface area contributed by atoms with Crippen molar-refractivity contribution in [3.05, 3.63) is 66.0 Å². The highest BCUT2D eigenvalue weighted by Gasteiger charge is 2.35. The van der Waals surface area contributed by atoms with Gasteiger partial charge in [-0.25, -0.2) is 4.39 Å². The van der Waals surface area contributed by atoms with Crippen molar-refractivity contribution in [2.75, 3.05) is 31.9 Å². The number of nitrogens with zero attached hydrogens (tertiary/aromatic N) is 4. The second-order valence-corrected chi connectivity index (χ2v) is 8.31. The van der Waals surface area contributed by atoms with E-state index in [1.165, 1.54) is 11.6 Å². The van der Waals surface area contributed by atoms with E-state index < -0.39 is 0 Å². The molecule has 0 spiro atoms. The van der Waals surface area contributed by atoms with Crippen LogP contribution in [0.25, 0.3) is 17.0 Å². The summed E-state index contributed by atoms with van der Waals surface area (Å²) >= 11 is 0. The van der Waals surface area contributed by atoms with Crippen LogP contribution in [0.2, 0.25) is 0 Å². The summed E-state index contributed by atoms with van der Waals surface area (Å²) in [4.78, 5) is 0. The molecule has 8 nitrogen and oxygen atoms in total. The number of ether oxygens (including phenoxy) is 3. The van der Waals surface area contributed by atoms with E-state index in [0.717, 1.165) is 24.3 Å². The Morgan fingerprint density at radius 2 is 1.82 bits per heavy atom. The van der Waals surface area contributed by atoms with Crippen molar-refractivity contribution < 1.29 is 18.6 Å². The van der Waals surface area contributed by atoms with Gasteiger partial charge in [0, 0.05) is 25.2 Å². The van der Waals surface area contributed by atoms with Crippen LogP contribution in [0.1, 0.15) is 18.4 Å². The third-order valence-corrected chi connectivity index (χ3v) is 6.42. The molecule has 2 aliphatic rings. The van der Waals surface area contributed by atoms with Gasteiger partial charge < -0.3 is 19.5 Å². The van der Waals surface area contributed by atoms with Crippen molar-refractivity contribution in [1.82, 2.24) is 19.8 Å². The molecule has 1 fully saturated rings. The normalized spacial score (nSPS) is 16.8. The molecule has 6 rings (SSSR count). The minimum absolute atomic E-state index is 0.141. The first-order valence-corrected chi connectivity index (χ1v) is 10.9. The van der Waals surface area contributed by atoms with Crippen molar-refractivity contribution in [2.24, 2.45) is 0 Å². The number of anilines is 1. The molecule has 2 aliphatic heterocycles. The van der Waals surface area contributed by atoms with Crippen LogP contribution in [0.4, 0.5) is 10.2 Å². The Kier molecular flexibility index (Phi) is 4.83. The number of hydrogen-bond acceptors (Lipinski definition) is 7. The van der Waals surface area contributed by atoms with Crippen LogP contribution in [0.5, 0.6) is 11.5 Å². The zero-order valence-electron chi connectivity index (χ0n) is 17.8. The number of halogens is 1. The number of benzene rings is 2. The lowest BCUT2D eigenvalue weighted by Crippen LogP contribution is -2.40. The van der Waals surface area contributed by atoms with Crippen molar-refractivity contribution in [1.29, 1.82) is 0 Å². The van der Waals surface area contributed by atoms with Crippen molar-refractivity contribution >= 4 is 11.5 Å². The molecular weight excluding hydrogens is 425 g/mol. The first-order valence-electron chi connectivity index (χ1n) is 10.9. The average molecular weight is 447 g/mol. The predicted octanol–water partition coefficient (Wildman–Crippen LogP) is 3.82. The maximum atomic E-state index is 14.3. The Morgan fingerprint density at radius 1 is 0.970 bits per heavy atom. The zero-order valence-corrected chi connectivity index (χ0v) is 17.8. The van der Waals surface area contributed by atoms with E-state index in [1.54, 1.807) is 22.7 Å². The fraction of sp³-hybridized carbons (Fsp3) is 0.292. The maximum Gasteiger partial charge on any atom is 0.231 e. The third-order valence-electron chi connectivity index (χ3n) is 6.42. The summed E-state index contributed by atoms with van der Waals surface area (Å²) in [5, 5.41) is 16.4. The minimum Gasteiger partial charge on any atom is -0.454 e. The summed E-state index contributed by atoms with van der Waals surface area (Å²) in [5.74, 6) is 2.21. The Balaban J connectivity index is 1.31. The van der Waals surface area contributed by atoms with Gasteiger partial charge in [-0.05, 0) is 54.8 Å². The molecule has 4 heterocycles. The van der Waals surface area contributed by atoms with Crippen LogP contribution in [0.3, 0.4) is 0 Å². The quantitative estimate of drug-likeness (QED) is 0.498. The molecule has 2 aromatic heterocycles. The molecule has 1 saturated heterocycles. The fourth-order valence-electron chi connectivity index (χ4n) is 4.51. The van der Waals surface area contributed by atoms with Gasteiger partial charge in [-0.3, -0.25) is 0 Å². The van der Waals surface area contributed by atoms with Gasteiger partial charge in [-0.1, -0.05) is 18.2 Å². The van der Waals surface area contributed by atoms with Crippen molar-refractivity contribution in [3.63, 3.8) is 0 Å². The molecule has 33 heavy (non-hydrogen) atoms. The van der Waals surface area contributed by atoms with Gasteiger partial charge in [0.25, 0.3) is 0 Å². The highest BCUT2D eigenvalue weighted by Crippen LogP contribution is 2.41. The number of hydrogen-bond donors (Lipinski definition) is 1. The SMILES string of the molecule is Fc1ccccc1-c1nnc2ccc(NCC3(c4ccc5c(c4)OCO5)CCOCC3)nn12. The van der Waals surface area contributed by atoms with E-state index in [9.17, 15) is 4.39 Å². The van der Waals surface area contributed by atoms with Crippen LogP contribution in [0, 0.1) is 5.82 Å². The van der Waals surface area contributed by atoms with Gasteiger partial charge in [-0.15, -0.1) is 15.3 Å². The third kappa shape index (κ3) is 3.54. The highest BCUT2D eigenvalue weighted by molar-refractivity contribution is 5.60. The molecule has 0 saturated carbocycles. The zero-order chi connectivity index (χ0) is 22.3. The van der Waals surface area contributed by atoms with E-state index in [4.69, 9.17) is 14.2 Å². The van der Waals surface area contributed by atoms with E-state index in [0.29, 0.717) is 42.6 Å². The number of fused-ring (bicyclic) bond motifs is 2. The van der Waals surface area contributed by atoms with Crippen LogP contribution in [-0.4, -0.2) is 46.4 Å². The van der Waals surface area contributed by atoms with Crippen molar-refractivity contribution in [3.8, 4) is 22.9 Å². The van der Waals surface area contributed by atoms with Crippen LogP contribution in [0.15, 0.2) is 54.6 Å². The monoisotopic (exact) mass is 447 g/mol. The van der Waals surface area contributed by atoms with Gasteiger partial charge in [0.05, 0.1) is 5.56 Å². The lowest BCUT2D eigenvalue weighted by molar-refractivity contribution is 0.0543. The van der Waals surface area contributed by atoms with Crippen LogP contribution < -0.4 is 14.8 Å². The summed E-state index contributed by atoms with van der Waals surface area (Å²) in [6.07, 6.45) is 1.74. The minimum atomic E-state index is -0.365. The van der Waals surface area contributed by atoms with Gasteiger partial charge in [0.2, 0.25) is 6.79 Å². The van der Waals surface area contributed by atoms with E-state index in [1.807, 2.05) is 18.2 Å². The second kappa shape index (κ2) is 8.00. The second-order valence-electron chi connectivity index (χ2n) is 8.31. The number of rotatable bonds is 5. The first-order chi connectivity index (χ1) is 16.2. The summed E-state index contributed by atoms with van der Waals surface area (Å²) in [6, 6.07) is 16.3. The Morgan fingerprint density at radius 3 is 2.70 bits per heavy atom. The molecule has 0 atom stereocenters. The largest absolute Gasteiger partial charge is 0.454 e. The van der Waals surface area contributed by atoms with Gasteiger partial charge in [0.15, 0.2) is 23.0 Å². The predicted molar refractivity (Wildman–Crippen MR) is 119 cm³/mol. The standard InChI is InChI=1S/C24H22FN5O3/c25-18-4-2-1-3-17(18)23-28-27-22-8-7-21(29-30(22)23)26-14-24(9-11-31-12-10-24)16-5-6-19-20(13-16)33-15-32-19/h1-8,13H,9-12,14-15H2,(H,26,29). The summed E-state index contributed by atoms with van der Waals surface area (Å²) in [5.41, 5.74) is 1.95. The molecule has 168 valence electrons. The molecule has 0 amide bonds. The fourth-order valence-corrected chi connectivity index (χ4v) is 4.51. The molecule has 4 aromatic rings. The molecule has 2 aromatic carbocycles. The number of aromatic nitrogens is 4. The van der Waals surface area contributed by atoms with Crippen LogP contribution >= 0.6 is 0 Å². The molecule has 0 aliphatic carbocycles. The molecular formula is C24H22FN5O3. The molecule has 0 unspecified atom stereocenters. The smallest absolute Gasteiger partial charge is 0.231 e. The van der Waals surface area contributed by atoms with E-state index in [-0.39, 0.29) is 18.0 Å². The first kappa shape index (κ1) is 19.9. The summed E-state index contributed by atoms with van der Waals surface area (Å²) in [6.45, 7) is 2.28. The maximum absolute atomic E-state index is 14.3. The van der Waals surface area contributed by atoms with E-state index in [2.05, 4.69) is 32.7 Å². The number of nitrogens with one attached hydrogen (secondary N) is 1. The lowest BCUT2D eigenvalue weighted by atomic mass is 9.74. The summed E-state index contributed by atoms with van der Waals surface area (Å²) < 4.78 is 32.7. The van der Waals surface area contributed by atoms with Gasteiger partial charge in [0.1, 0.15) is 11.6 Å². The Labute approximate surface area is 189 Å². The van der Waals surface area contributed by atoms with E-state index >= 15 is 0 Å². The summed E-state index contributed by atoms with van der Waals surface area (Å²) in [7, 11) is 0. The van der Waals surface area contributed by atoms with Gasteiger partial charge in [-0.2, -0.15) is 4.52 Å². The van der Waals surface area contributed by atoms with Gasteiger partial charge >= 0.3 is 0 Å². The molecule has 1 N–H and O–H groups in total. The highest BCUT2D eigenvalue weighted by atomic mass is 19.1.